The molecule has 0 aliphatic heterocycles. The van der Waals surface area contributed by atoms with Crippen LogP contribution in [0, 0.1) is 6.92 Å². The molecule has 0 radical (unpaired) electrons. The standard InChI is InChI=1S/C11H12ClN3/c1-7-10(15(2)14-11(7)13)8-5-3-4-6-9(8)12/h3-6H,1-2H3,(H2,13,14). The minimum Gasteiger partial charge on any atom is -0.382 e. The van der Waals surface area contributed by atoms with Gasteiger partial charge >= 0.3 is 0 Å². The van der Waals surface area contributed by atoms with E-state index in [1.807, 2.05) is 38.2 Å². The smallest absolute Gasteiger partial charge is 0.148 e. The molecule has 0 unspecified atom stereocenters. The van der Waals surface area contributed by atoms with Crippen LogP contribution in [0.1, 0.15) is 5.56 Å². The van der Waals surface area contributed by atoms with E-state index in [0.717, 1.165) is 16.8 Å². The van der Waals surface area contributed by atoms with Gasteiger partial charge in [-0.05, 0) is 13.0 Å². The fourth-order valence-electron chi connectivity index (χ4n) is 1.68. The van der Waals surface area contributed by atoms with Crippen molar-refractivity contribution in [3.63, 3.8) is 0 Å². The second kappa shape index (κ2) is 3.59. The molecule has 0 fully saturated rings. The number of halogens is 1. The van der Waals surface area contributed by atoms with Crippen molar-refractivity contribution >= 4 is 17.4 Å². The van der Waals surface area contributed by atoms with E-state index in [9.17, 15) is 0 Å². The minimum atomic E-state index is 0.549. The largest absolute Gasteiger partial charge is 0.382 e. The third kappa shape index (κ3) is 1.59. The van der Waals surface area contributed by atoms with Crippen molar-refractivity contribution in [1.82, 2.24) is 9.78 Å². The summed E-state index contributed by atoms with van der Waals surface area (Å²) in [6.07, 6.45) is 0. The first-order chi connectivity index (χ1) is 7.11. The number of benzene rings is 1. The summed E-state index contributed by atoms with van der Waals surface area (Å²) in [5.74, 6) is 0.549. The van der Waals surface area contributed by atoms with Crippen molar-refractivity contribution in [3.05, 3.63) is 34.9 Å². The summed E-state index contributed by atoms with van der Waals surface area (Å²) < 4.78 is 1.76. The van der Waals surface area contributed by atoms with Gasteiger partial charge in [-0.3, -0.25) is 4.68 Å². The number of hydrogen-bond donors (Lipinski definition) is 1. The second-order valence-corrected chi connectivity index (χ2v) is 3.87. The second-order valence-electron chi connectivity index (χ2n) is 3.46. The van der Waals surface area contributed by atoms with Crippen LogP contribution < -0.4 is 5.73 Å². The third-order valence-electron chi connectivity index (χ3n) is 2.45. The first-order valence-corrected chi connectivity index (χ1v) is 5.03. The lowest BCUT2D eigenvalue weighted by atomic mass is 10.1. The highest BCUT2D eigenvalue weighted by Crippen LogP contribution is 2.31. The molecule has 78 valence electrons. The molecule has 15 heavy (non-hydrogen) atoms. The van der Waals surface area contributed by atoms with E-state index in [1.165, 1.54) is 0 Å². The van der Waals surface area contributed by atoms with Gasteiger partial charge in [-0.1, -0.05) is 29.8 Å². The molecule has 1 aromatic heterocycles. The predicted molar refractivity (Wildman–Crippen MR) is 62.8 cm³/mol. The first-order valence-electron chi connectivity index (χ1n) is 4.65. The van der Waals surface area contributed by atoms with E-state index in [0.29, 0.717) is 10.8 Å². The molecule has 3 nitrogen and oxygen atoms in total. The quantitative estimate of drug-likeness (QED) is 0.805. The molecular formula is C11H12ClN3. The average Bonchev–Trinajstić information content (AvgIpc) is 2.43. The van der Waals surface area contributed by atoms with Gasteiger partial charge in [0, 0.05) is 23.2 Å². The number of aryl methyl sites for hydroxylation is 1. The zero-order chi connectivity index (χ0) is 11.0. The van der Waals surface area contributed by atoms with Crippen molar-refractivity contribution in [2.75, 3.05) is 5.73 Å². The Morgan fingerprint density at radius 3 is 2.53 bits per heavy atom. The summed E-state index contributed by atoms with van der Waals surface area (Å²) in [6.45, 7) is 1.95. The topological polar surface area (TPSA) is 43.8 Å². The Balaban J connectivity index is 2.69. The Labute approximate surface area is 93.5 Å². The maximum absolute atomic E-state index is 6.13. The normalized spacial score (nSPS) is 10.6. The van der Waals surface area contributed by atoms with Gasteiger partial charge in [0.05, 0.1) is 5.69 Å². The van der Waals surface area contributed by atoms with Crippen LogP contribution in [-0.4, -0.2) is 9.78 Å². The Morgan fingerprint density at radius 2 is 2.00 bits per heavy atom. The van der Waals surface area contributed by atoms with E-state index < -0.39 is 0 Å². The van der Waals surface area contributed by atoms with Gasteiger partial charge in [0.25, 0.3) is 0 Å². The lowest BCUT2D eigenvalue weighted by Crippen LogP contribution is -1.95. The first kappa shape index (κ1) is 10.1. The number of hydrogen-bond acceptors (Lipinski definition) is 2. The summed E-state index contributed by atoms with van der Waals surface area (Å²) in [6, 6.07) is 7.68. The average molecular weight is 222 g/mol. The van der Waals surface area contributed by atoms with Crippen LogP contribution in [0.25, 0.3) is 11.3 Å². The molecule has 1 aromatic carbocycles. The Bertz CT molecular complexity index is 503. The van der Waals surface area contributed by atoms with Gasteiger partial charge in [-0.15, -0.1) is 0 Å². The minimum absolute atomic E-state index is 0.549. The maximum atomic E-state index is 6.13. The van der Waals surface area contributed by atoms with Crippen LogP contribution in [-0.2, 0) is 7.05 Å². The van der Waals surface area contributed by atoms with Crippen LogP contribution in [0.4, 0.5) is 5.82 Å². The van der Waals surface area contributed by atoms with Crippen molar-refractivity contribution in [2.24, 2.45) is 7.05 Å². The van der Waals surface area contributed by atoms with Crippen molar-refractivity contribution < 1.29 is 0 Å². The summed E-state index contributed by atoms with van der Waals surface area (Å²) in [5, 5.41) is 4.88. The molecule has 0 saturated heterocycles. The van der Waals surface area contributed by atoms with Gasteiger partial charge in [0.15, 0.2) is 0 Å². The third-order valence-corrected chi connectivity index (χ3v) is 2.78. The molecular weight excluding hydrogens is 210 g/mol. The summed E-state index contributed by atoms with van der Waals surface area (Å²) in [7, 11) is 1.86. The van der Waals surface area contributed by atoms with Gasteiger partial charge < -0.3 is 5.73 Å². The fraction of sp³-hybridized carbons (Fsp3) is 0.182. The lowest BCUT2D eigenvalue weighted by Gasteiger charge is -2.05. The molecule has 0 spiro atoms. The molecule has 1 heterocycles. The number of nitrogens with two attached hydrogens (primary N) is 1. The van der Waals surface area contributed by atoms with Gasteiger partial charge in [-0.25, -0.2) is 0 Å². The monoisotopic (exact) mass is 221 g/mol. The zero-order valence-corrected chi connectivity index (χ0v) is 9.42. The molecule has 0 amide bonds. The van der Waals surface area contributed by atoms with Crippen LogP contribution in [0.2, 0.25) is 5.02 Å². The van der Waals surface area contributed by atoms with E-state index in [2.05, 4.69) is 5.10 Å². The molecule has 2 aromatic rings. The van der Waals surface area contributed by atoms with Crippen molar-refractivity contribution in [2.45, 2.75) is 6.92 Å². The number of nitrogen functional groups attached to an aromatic ring is 1. The molecule has 0 saturated carbocycles. The number of aromatic nitrogens is 2. The molecule has 0 bridgehead atoms. The van der Waals surface area contributed by atoms with Crippen LogP contribution >= 0.6 is 11.6 Å². The molecule has 0 aliphatic carbocycles. The lowest BCUT2D eigenvalue weighted by molar-refractivity contribution is 0.780. The highest BCUT2D eigenvalue weighted by atomic mass is 35.5. The maximum Gasteiger partial charge on any atom is 0.148 e. The highest BCUT2D eigenvalue weighted by Gasteiger charge is 2.13. The number of nitrogens with zero attached hydrogens (tertiary/aromatic N) is 2. The van der Waals surface area contributed by atoms with Crippen LogP contribution in [0.3, 0.4) is 0 Å². The predicted octanol–water partition coefficient (Wildman–Crippen LogP) is 2.63. The number of anilines is 1. The van der Waals surface area contributed by atoms with E-state index in [4.69, 9.17) is 17.3 Å². The summed E-state index contributed by atoms with van der Waals surface area (Å²) >= 11 is 6.13. The van der Waals surface area contributed by atoms with E-state index in [1.54, 1.807) is 4.68 Å². The van der Waals surface area contributed by atoms with Gasteiger partial charge in [0.2, 0.25) is 0 Å². The van der Waals surface area contributed by atoms with E-state index >= 15 is 0 Å². The van der Waals surface area contributed by atoms with Crippen molar-refractivity contribution in [1.29, 1.82) is 0 Å². The Hall–Kier alpha value is -1.48. The van der Waals surface area contributed by atoms with Crippen LogP contribution in [0.15, 0.2) is 24.3 Å². The van der Waals surface area contributed by atoms with Crippen molar-refractivity contribution in [3.8, 4) is 11.3 Å². The van der Waals surface area contributed by atoms with Gasteiger partial charge in [0.1, 0.15) is 5.82 Å². The summed E-state index contributed by atoms with van der Waals surface area (Å²) in [5.41, 5.74) is 8.65. The van der Waals surface area contributed by atoms with Gasteiger partial charge in [-0.2, -0.15) is 5.10 Å². The fourth-order valence-corrected chi connectivity index (χ4v) is 1.91. The molecule has 0 atom stereocenters. The summed E-state index contributed by atoms with van der Waals surface area (Å²) in [4.78, 5) is 0. The molecule has 2 rings (SSSR count). The highest BCUT2D eigenvalue weighted by molar-refractivity contribution is 6.33. The SMILES string of the molecule is Cc1c(N)nn(C)c1-c1ccccc1Cl. The molecule has 0 aliphatic rings. The Morgan fingerprint density at radius 1 is 1.33 bits per heavy atom. The van der Waals surface area contributed by atoms with E-state index in [-0.39, 0.29) is 0 Å². The van der Waals surface area contributed by atoms with Crippen LogP contribution in [0.5, 0.6) is 0 Å². The molecule has 4 heteroatoms. The number of rotatable bonds is 1. The Kier molecular flexibility index (Phi) is 2.40. The molecule has 2 N–H and O–H groups in total. The zero-order valence-electron chi connectivity index (χ0n) is 8.66.